The molecule has 16 nitrogen and oxygen atoms in total. The van der Waals surface area contributed by atoms with Crippen molar-refractivity contribution in [3.05, 3.63) is 52.9 Å². The molecular formula is C30H41N13O3. The zero-order valence-corrected chi connectivity index (χ0v) is 26.7. The van der Waals surface area contributed by atoms with E-state index in [9.17, 15) is 14.4 Å². The van der Waals surface area contributed by atoms with Crippen molar-refractivity contribution in [3.63, 3.8) is 0 Å². The Balaban J connectivity index is 1.40. The third-order valence-corrected chi connectivity index (χ3v) is 6.59. The number of rotatable bonds is 17. The monoisotopic (exact) mass is 631 g/mol. The largest absolute Gasteiger partial charge is 0.354 e. The number of hydrogen-bond acceptors (Lipinski definition) is 13. The van der Waals surface area contributed by atoms with Gasteiger partial charge in [-0.1, -0.05) is 0 Å². The molecule has 244 valence electrons. The molecule has 0 aliphatic carbocycles. The van der Waals surface area contributed by atoms with E-state index in [0.717, 1.165) is 25.9 Å². The average molecular weight is 632 g/mol. The van der Waals surface area contributed by atoms with Crippen LogP contribution in [0.25, 0.3) is 11.0 Å². The maximum Gasteiger partial charge on any atom is 0.323 e. The smallest absolute Gasteiger partial charge is 0.323 e. The first-order valence-electron chi connectivity index (χ1n) is 14.9. The molecule has 16 heteroatoms. The number of benzene rings is 2. The topological polar surface area (TPSA) is 201 Å². The van der Waals surface area contributed by atoms with Gasteiger partial charge in [0.25, 0.3) is 5.91 Å². The van der Waals surface area contributed by atoms with Crippen molar-refractivity contribution in [2.45, 2.75) is 25.8 Å². The van der Waals surface area contributed by atoms with E-state index >= 15 is 0 Å². The highest BCUT2D eigenvalue weighted by atomic mass is 16.2. The van der Waals surface area contributed by atoms with E-state index in [-0.39, 0.29) is 5.69 Å². The Morgan fingerprint density at radius 3 is 1.96 bits per heavy atom. The Bertz CT molecular complexity index is 1660. The lowest BCUT2D eigenvalue weighted by Gasteiger charge is -2.13. The number of fused-ring (bicyclic) bond motifs is 1. The zero-order chi connectivity index (χ0) is 33.1. The number of anilines is 5. The van der Waals surface area contributed by atoms with Crippen LogP contribution in [0.15, 0.2) is 57.5 Å². The highest BCUT2D eigenvalue weighted by Gasteiger charge is 2.23. The summed E-state index contributed by atoms with van der Waals surface area (Å²) in [6.07, 6.45) is 1.86. The summed E-state index contributed by atoms with van der Waals surface area (Å²) in [5, 5.41) is 20.5. The summed E-state index contributed by atoms with van der Waals surface area (Å²) in [6.45, 7) is 4.57. The van der Waals surface area contributed by atoms with E-state index in [2.05, 4.69) is 66.2 Å². The number of nitrogens with zero attached hydrogens (tertiary/aromatic N) is 7. The minimum absolute atomic E-state index is 0.357. The van der Waals surface area contributed by atoms with E-state index in [1.165, 1.54) is 6.92 Å². The highest BCUT2D eigenvalue weighted by molar-refractivity contribution is 6.10. The fourth-order valence-electron chi connectivity index (χ4n) is 4.29. The standard InChI is InChI=1S/C30H41N13O3/c1-19(44)25(26(45)33-22-12-13-23-24(18-22)36-30(46)35-23)41-40-21-10-8-20(9-11-21)34-29-38-27(31-14-6-16-42(2)3)37-28(39-29)32-15-7-17-43(4)5/h8-13,18,25H,6-7,14-17H2,1-5H3,(H,33,45)(H2,35,36,46)(H3,31,32,34,37,38,39). The zero-order valence-electron chi connectivity index (χ0n) is 26.7. The molecule has 1 atom stereocenters. The molecular weight excluding hydrogens is 590 g/mol. The fourth-order valence-corrected chi connectivity index (χ4v) is 4.29. The van der Waals surface area contributed by atoms with Crippen molar-refractivity contribution in [2.75, 3.05) is 75.6 Å². The van der Waals surface area contributed by atoms with Crippen LogP contribution >= 0.6 is 0 Å². The lowest BCUT2D eigenvalue weighted by molar-refractivity contribution is -0.126. The lowest BCUT2D eigenvalue weighted by Crippen LogP contribution is -2.31. The maximum atomic E-state index is 12.8. The summed E-state index contributed by atoms with van der Waals surface area (Å²) in [5.41, 5.74) is 2.31. The van der Waals surface area contributed by atoms with Crippen molar-refractivity contribution in [3.8, 4) is 0 Å². The van der Waals surface area contributed by atoms with Crippen LogP contribution in [0.2, 0.25) is 0 Å². The molecule has 0 radical (unpaired) electrons. The Morgan fingerprint density at radius 1 is 0.804 bits per heavy atom. The number of azo groups is 1. The normalized spacial score (nSPS) is 12.2. The van der Waals surface area contributed by atoms with Crippen molar-refractivity contribution >= 4 is 57.6 Å². The molecule has 0 aliphatic heterocycles. The van der Waals surface area contributed by atoms with E-state index in [1.807, 2.05) is 28.2 Å². The molecule has 4 aromatic rings. The Morgan fingerprint density at radius 2 is 1.37 bits per heavy atom. The first-order chi connectivity index (χ1) is 22.0. The van der Waals surface area contributed by atoms with Gasteiger partial charge >= 0.3 is 5.69 Å². The first kappa shape index (κ1) is 33.7. The van der Waals surface area contributed by atoms with Crippen molar-refractivity contribution in [1.29, 1.82) is 0 Å². The third kappa shape index (κ3) is 10.4. The molecule has 0 bridgehead atoms. The van der Waals surface area contributed by atoms with Crippen LogP contribution in [0.1, 0.15) is 19.8 Å². The molecule has 0 saturated heterocycles. The second kappa shape index (κ2) is 16.2. The quantitative estimate of drug-likeness (QED) is 0.0568. The van der Waals surface area contributed by atoms with Gasteiger partial charge in [0.1, 0.15) is 0 Å². The average Bonchev–Trinajstić information content (AvgIpc) is 3.37. The molecule has 0 saturated carbocycles. The second-order valence-electron chi connectivity index (χ2n) is 11.2. The van der Waals surface area contributed by atoms with Gasteiger partial charge in [0.15, 0.2) is 5.78 Å². The third-order valence-electron chi connectivity index (χ3n) is 6.59. The van der Waals surface area contributed by atoms with Crippen LogP contribution < -0.4 is 27.0 Å². The molecule has 2 aromatic carbocycles. The van der Waals surface area contributed by atoms with Crippen LogP contribution in [0.5, 0.6) is 0 Å². The molecule has 2 aromatic heterocycles. The molecule has 0 fully saturated rings. The van der Waals surface area contributed by atoms with Gasteiger partial charge in [0, 0.05) is 24.5 Å². The minimum atomic E-state index is -1.35. The lowest BCUT2D eigenvalue weighted by atomic mass is 10.2. The first-order valence-corrected chi connectivity index (χ1v) is 14.9. The van der Waals surface area contributed by atoms with Crippen LogP contribution in [0.4, 0.5) is 34.9 Å². The molecule has 6 N–H and O–H groups in total. The SMILES string of the molecule is CC(=O)C(N=Nc1ccc(Nc2nc(NCCCN(C)C)nc(NCCCN(C)C)n2)cc1)C(=O)Nc1ccc2[nH]c(=O)[nH]c2c1. The van der Waals surface area contributed by atoms with Crippen molar-refractivity contribution in [2.24, 2.45) is 10.2 Å². The number of H-pyrrole nitrogens is 2. The summed E-state index contributed by atoms with van der Waals surface area (Å²) >= 11 is 0. The molecule has 1 amide bonds. The highest BCUT2D eigenvalue weighted by Crippen LogP contribution is 2.21. The van der Waals surface area contributed by atoms with Gasteiger partial charge in [-0.05, 0) is 104 Å². The van der Waals surface area contributed by atoms with Gasteiger partial charge in [-0.15, -0.1) is 0 Å². The van der Waals surface area contributed by atoms with E-state index in [4.69, 9.17) is 0 Å². The number of nitrogens with one attached hydrogen (secondary N) is 6. The van der Waals surface area contributed by atoms with Gasteiger partial charge < -0.3 is 41.0 Å². The summed E-state index contributed by atoms with van der Waals surface area (Å²) < 4.78 is 0. The van der Waals surface area contributed by atoms with E-state index in [0.29, 0.717) is 59.0 Å². The predicted molar refractivity (Wildman–Crippen MR) is 179 cm³/mol. The van der Waals surface area contributed by atoms with Crippen molar-refractivity contribution < 1.29 is 9.59 Å². The Kier molecular flexibility index (Phi) is 11.9. The summed E-state index contributed by atoms with van der Waals surface area (Å²) in [4.78, 5) is 59.7. The predicted octanol–water partition coefficient (Wildman–Crippen LogP) is 3.19. The van der Waals surface area contributed by atoms with E-state index in [1.54, 1.807) is 42.5 Å². The number of imidazole rings is 1. The fraction of sp³-hybridized carbons (Fsp3) is 0.400. The number of carbonyl (C=O) groups is 2. The molecule has 0 spiro atoms. The number of ketones is 1. The van der Waals surface area contributed by atoms with Gasteiger partial charge in [0.2, 0.25) is 23.9 Å². The Labute approximate surface area is 266 Å². The molecule has 46 heavy (non-hydrogen) atoms. The van der Waals surface area contributed by atoms with Crippen LogP contribution in [0, 0.1) is 0 Å². The van der Waals surface area contributed by atoms with Crippen LogP contribution in [-0.2, 0) is 9.59 Å². The van der Waals surface area contributed by atoms with Gasteiger partial charge in [-0.2, -0.15) is 25.2 Å². The van der Waals surface area contributed by atoms with Gasteiger partial charge in [0.05, 0.1) is 16.7 Å². The number of aromatic nitrogens is 5. The minimum Gasteiger partial charge on any atom is -0.354 e. The van der Waals surface area contributed by atoms with Crippen molar-refractivity contribution in [1.82, 2.24) is 34.7 Å². The summed E-state index contributed by atoms with van der Waals surface area (Å²) in [7, 11) is 8.13. The van der Waals surface area contributed by atoms with Gasteiger partial charge in [-0.3, -0.25) is 9.59 Å². The number of Topliss-reactive ketones (excluding diaryl/α,β-unsaturated/α-hetero) is 1. The van der Waals surface area contributed by atoms with E-state index < -0.39 is 17.7 Å². The molecule has 0 aliphatic rings. The Hall–Kier alpha value is -5.22. The number of hydrogen-bond donors (Lipinski definition) is 6. The molecule has 1 unspecified atom stereocenters. The second-order valence-corrected chi connectivity index (χ2v) is 11.2. The van der Waals surface area contributed by atoms with Crippen LogP contribution in [-0.4, -0.2) is 107 Å². The summed E-state index contributed by atoms with van der Waals surface area (Å²) in [5.74, 6) is 0.185. The van der Waals surface area contributed by atoms with Gasteiger partial charge in [-0.25, -0.2) is 4.79 Å². The number of carbonyl (C=O) groups excluding carboxylic acids is 2. The maximum absolute atomic E-state index is 12.8. The molecule has 4 rings (SSSR count). The molecule has 2 heterocycles. The number of amides is 1. The summed E-state index contributed by atoms with van der Waals surface area (Å²) in [6, 6.07) is 10.4. The number of aromatic amines is 2. The van der Waals surface area contributed by atoms with Crippen LogP contribution in [0.3, 0.4) is 0 Å².